The van der Waals surface area contributed by atoms with E-state index >= 15 is 0 Å². The third kappa shape index (κ3) is 4.39. The van der Waals surface area contributed by atoms with E-state index in [2.05, 4.69) is 0 Å². The van der Waals surface area contributed by atoms with Gasteiger partial charge in [0.25, 0.3) is 11.7 Å². The lowest BCUT2D eigenvalue weighted by Gasteiger charge is -2.26. The number of methoxy groups -OCH3 is 1. The Hall–Kier alpha value is -4.58. The summed E-state index contributed by atoms with van der Waals surface area (Å²) in [6, 6.07) is 25.0. The smallest absolute Gasteiger partial charge is 0.300 e. The lowest BCUT2D eigenvalue weighted by molar-refractivity contribution is -0.132. The van der Waals surface area contributed by atoms with Crippen molar-refractivity contribution in [1.29, 1.82) is 0 Å². The van der Waals surface area contributed by atoms with Crippen LogP contribution in [0.4, 0.5) is 5.69 Å². The van der Waals surface area contributed by atoms with Crippen LogP contribution in [0, 0.1) is 6.92 Å². The van der Waals surface area contributed by atoms with Crippen molar-refractivity contribution < 1.29 is 24.2 Å². The predicted molar refractivity (Wildman–Crippen MR) is 149 cm³/mol. The maximum atomic E-state index is 13.6. The van der Waals surface area contributed by atoms with Gasteiger partial charge in [0, 0.05) is 11.3 Å². The van der Waals surface area contributed by atoms with Gasteiger partial charge in [-0.1, -0.05) is 49.4 Å². The Morgan fingerprint density at radius 2 is 1.68 bits per heavy atom. The number of aryl methyl sites for hydroxylation is 1. The highest BCUT2D eigenvalue weighted by Crippen LogP contribution is 2.44. The highest BCUT2D eigenvalue weighted by molar-refractivity contribution is 6.51. The molecule has 38 heavy (non-hydrogen) atoms. The normalized spacial score (nSPS) is 16.7. The average molecular weight is 508 g/mol. The SMILES string of the molecule is CCCOc1ccc(/C(O)=C2/C(=O)C(=O)N(c3ccc(OC)cc3)C2c2cccc3ccccc23)cc1C. The van der Waals surface area contributed by atoms with E-state index in [1.807, 2.05) is 56.3 Å². The Morgan fingerprint density at radius 3 is 2.39 bits per heavy atom. The zero-order valence-corrected chi connectivity index (χ0v) is 21.6. The van der Waals surface area contributed by atoms with Crippen LogP contribution in [0.15, 0.2) is 90.5 Å². The summed E-state index contributed by atoms with van der Waals surface area (Å²) in [4.78, 5) is 28.6. The first-order chi connectivity index (χ1) is 18.4. The quantitative estimate of drug-likeness (QED) is 0.174. The zero-order chi connectivity index (χ0) is 26.8. The molecule has 5 rings (SSSR count). The van der Waals surface area contributed by atoms with E-state index in [0.717, 1.165) is 28.3 Å². The topological polar surface area (TPSA) is 76.1 Å². The van der Waals surface area contributed by atoms with Crippen LogP contribution in [0.25, 0.3) is 16.5 Å². The fourth-order valence-electron chi connectivity index (χ4n) is 4.95. The number of fused-ring (bicyclic) bond motifs is 1. The van der Waals surface area contributed by atoms with E-state index in [1.54, 1.807) is 49.6 Å². The van der Waals surface area contributed by atoms with Crippen molar-refractivity contribution in [2.24, 2.45) is 0 Å². The first kappa shape index (κ1) is 25.1. The summed E-state index contributed by atoms with van der Waals surface area (Å²) in [6.07, 6.45) is 0.876. The zero-order valence-electron chi connectivity index (χ0n) is 21.6. The van der Waals surface area contributed by atoms with Crippen LogP contribution in [-0.4, -0.2) is 30.5 Å². The number of hydrogen-bond donors (Lipinski definition) is 1. The molecule has 0 saturated carbocycles. The van der Waals surface area contributed by atoms with Crippen molar-refractivity contribution in [1.82, 2.24) is 0 Å². The van der Waals surface area contributed by atoms with E-state index in [9.17, 15) is 14.7 Å². The molecule has 4 aromatic rings. The van der Waals surface area contributed by atoms with Gasteiger partial charge in [-0.05, 0) is 77.7 Å². The number of anilines is 1. The minimum atomic E-state index is -0.828. The molecule has 0 spiro atoms. The number of hydrogen-bond acceptors (Lipinski definition) is 5. The first-order valence-electron chi connectivity index (χ1n) is 12.6. The third-order valence-electron chi connectivity index (χ3n) is 6.82. The average Bonchev–Trinajstić information content (AvgIpc) is 3.21. The minimum absolute atomic E-state index is 0.0452. The molecular formula is C32H29NO5. The van der Waals surface area contributed by atoms with Gasteiger partial charge in [-0.15, -0.1) is 0 Å². The number of ether oxygens (including phenoxy) is 2. The van der Waals surface area contributed by atoms with Gasteiger partial charge in [0.2, 0.25) is 0 Å². The maximum absolute atomic E-state index is 13.6. The van der Waals surface area contributed by atoms with Crippen molar-refractivity contribution in [3.63, 3.8) is 0 Å². The van der Waals surface area contributed by atoms with Gasteiger partial charge in [-0.3, -0.25) is 14.5 Å². The number of rotatable bonds is 7. The minimum Gasteiger partial charge on any atom is -0.507 e. The molecule has 1 heterocycles. The molecule has 1 fully saturated rings. The Morgan fingerprint density at radius 1 is 0.947 bits per heavy atom. The monoisotopic (exact) mass is 507 g/mol. The summed E-state index contributed by atoms with van der Waals surface area (Å²) in [5.74, 6) is -0.308. The Balaban J connectivity index is 1.72. The van der Waals surface area contributed by atoms with E-state index in [1.165, 1.54) is 4.90 Å². The molecule has 6 nitrogen and oxygen atoms in total. The third-order valence-corrected chi connectivity index (χ3v) is 6.82. The maximum Gasteiger partial charge on any atom is 0.300 e. The molecule has 192 valence electrons. The fourth-order valence-corrected chi connectivity index (χ4v) is 4.95. The van der Waals surface area contributed by atoms with E-state index in [4.69, 9.17) is 9.47 Å². The molecule has 4 aromatic carbocycles. The molecule has 0 aliphatic carbocycles. The van der Waals surface area contributed by atoms with Crippen molar-refractivity contribution in [2.45, 2.75) is 26.3 Å². The summed E-state index contributed by atoms with van der Waals surface area (Å²) in [6.45, 7) is 4.50. The molecule has 1 unspecified atom stereocenters. The van der Waals surface area contributed by atoms with E-state index in [-0.39, 0.29) is 11.3 Å². The van der Waals surface area contributed by atoms with Crippen molar-refractivity contribution in [3.05, 3.63) is 107 Å². The molecule has 0 aromatic heterocycles. The van der Waals surface area contributed by atoms with Gasteiger partial charge in [-0.2, -0.15) is 0 Å². The molecule has 1 atom stereocenters. The highest BCUT2D eigenvalue weighted by Gasteiger charge is 2.47. The second-order valence-corrected chi connectivity index (χ2v) is 9.26. The van der Waals surface area contributed by atoms with Gasteiger partial charge in [0.15, 0.2) is 0 Å². The number of aliphatic hydroxyl groups excluding tert-OH is 1. The summed E-state index contributed by atoms with van der Waals surface area (Å²) >= 11 is 0. The van der Waals surface area contributed by atoms with Crippen LogP contribution in [0.5, 0.6) is 11.5 Å². The number of ketones is 1. The van der Waals surface area contributed by atoms with Crippen LogP contribution in [0.1, 0.15) is 36.1 Å². The summed E-state index contributed by atoms with van der Waals surface area (Å²) in [5.41, 5.74) is 2.60. The molecule has 1 aliphatic heterocycles. The summed E-state index contributed by atoms with van der Waals surface area (Å²) in [5, 5.41) is 13.4. The molecule has 0 radical (unpaired) electrons. The van der Waals surface area contributed by atoms with Crippen LogP contribution < -0.4 is 14.4 Å². The Bertz CT molecular complexity index is 1550. The highest BCUT2D eigenvalue weighted by atomic mass is 16.5. The number of benzene rings is 4. The summed E-state index contributed by atoms with van der Waals surface area (Å²) in [7, 11) is 1.57. The first-order valence-corrected chi connectivity index (χ1v) is 12.6. The lowest BCUT2D eigenvalue weighted by Crippen LogP contribution is -2.29. The molecule has 1 amide bonds. The van der Waals surface area contributed by atoms with Crippen LogP contribution in [0.2, 0.25) is 0 Å². The molecule has 1 N–H and O–H groups in total. The van der Waals surface area contributed by atoms with Crippen LogP contribution in [-0.2, 0) is 9.59 Å². The number of carbonyl (C=O) groups is 2. The molecule has 0 bridgehead atoms. The molecular weight excluding hydrogens is 478 g/mol. The van der Waals surface area contributed by atoms with Crippen LogP contribution >= 0.6 is 0 Å². The predicted octanol–water partition coefficient (Wildman–Crippen LogP) is 6.57. The second kappa shape index (κ2) is 10.4. The number of Topliss-reactive ketones (excluding diaryl/α,β-unsaturated/α-hetero) is 1. The Labute approximate surface area is 221 Å². The van der Waals surface area contributed by atoms with E-state index < -0.39 is 17.7 Å². The van der Waals surface area contributed by atoms with Crippen molar-refractivity contribution in [3.8, 4) is 11.5 Å². The van der Waals surface area contributed by atoms with E-state index in [0.29, 0.717) is 29.4 Å². The summed E-state index contributed by atoms with van der Waals surface area (Å²) < 4.78 is 11.1. The number of carbonyl (C=O) groups excluding carboxylic acids is 2. The standard InChI is InChI=1S/C32H29NO5/c1-4-18-38-27-17-12-22(19-20(27)2)30(34)28-29(26-11-7-9-21-8-5-6-10-25(21)26)33(32(36)31(28)35)23-13-15-24(37-3)16-14-23/h5-17,19,29,34H,4,18H2,1-3H3/b30-28-. The van der Waals surface area contributed by atoms with Crippen LogP contribution in [0.3, 0.4) is 0 Å². The molecule has 1 aliphatic rings. The number of aliphatic hydroxyl groups is 1. The largest absolute Gasteiger partial charge is 0.507 e. The molecule has 1 saturated heterocycles. The van der Waals surface area contributed by atoms with Gasteiger partial charge in [0.05, 0.1) is 25.3 Å². The van der Waals surface area contributed by atoms with Gasteiger partial charge >= 0.3 is 0 Å². The van der Waals surface area contributed by atoms with Gasteiger partial charge in [0.1, 0.15) is 17.3 Å². The number of amides is 1. The van der Waals surface area contributed by atoms with Crippen molar-refractivity contribution in [2.75, 3.05) is 18.6 Å². The second-order valence-electron chi connectivity index (χ2n) is 9.26. The molecule has 6 heteroatoms. The number of nitrogens with zero attached hydrogens (tertiary/aromatic N) is 1. The van der Waals surface area contributed by atoms with Gasteiger partial charge in [-0.25, -0.2) is 0 Å². The van der Waals surface area contributed by atoms with Gasteiger partial charge < -0.3 is 14.6 Å². The fraction of sp³-hybridized carbons (Fsp3) is 0.188. The lowest BCUT2D eigenvalue weighted by atomic mass is 9.91. The Kier molecular flexibility index (Phi) is 6.88. The van der Waals surface area contributed by atoms with Crippen molar-refractivity contribution >= 4 is 33.9 Å².